The van der Waals surface area contributed by atoms with Crippen molar-refractivity contribution in [2.75, 3.05) is 29.9 Å². The fourth-order valence-corrected chi connectivity index (χ4v) is 4.30. The number of nitrogens with one attached hydrogen (secondary N) is 2. The van der Waals surface area contributed by atoms with Crippen molar-refractivity contribution in [2.45, 2.75) is 19.3 Å². The Labute approximate surface area is 167 Å². The molecule has 28 heavy (non-hydrogen) atoms. The van der Waals surface area contributed by atoms with Crippen molar-refractivity contribution in [3.8, 4) is 0 Å². The van der Waals surface area contributed by atoms with E-state index in [0.717, 1.165) is 34.1 Å². The molecule has 0 atom stereocenters. The molecule has 1 saturated heterocycles. The van der Waals surface area contributed by atoms with Gasteiger partial charge in [0.05, 0.1) is 10.2 Å². The molecule has 0 spiro atoms. The minimum Gasteiger partial charge on any atom is -0.352 e. The van der Waals surface area contributed by atoms with Gasteiger partial charge in [0.15, 0.2) is 5.13 Å². The van der Waals surface area contributed by atoms with Crippen molar-refractivity contribution in [3.63, 3.8) is 0 Å². The van der Waals surface area contributed by atoms with E-state index in [1.54, 1.807) is 23.5 Å². The first-order chi connectivity index (χ1) is 13.7. The zero-order chi connectivity index (χ0) is 19.3. The average Bonchev–Trinajstić information content (AvgIpc) is 3.38. The Balaban J connectivity index is 1.31. The molecule has 2 heterocycles. The molecule has 6 nitrogen and oxygen atoms in total. The predicted molar refractivity (Wildman–Crippen MR) is 113 cm³/mol. The highest BCUT2D eigenvalue weighted by molar-refractivity contribution is 7.22. The molecule has 0 bridgehead atoms. The van der Waals surface area contributed by atoms with Gasteiger partial charge in [-0.05, 0) is 43.2 Å². The average molecular weight is 395 g/mol. The lowest BCUT2D eigenvalue weighted by molar-refractivity contribution is -0.116. The van der Waals surface area contributed by atoms with Crippen LogP contribution in [0.3, 0.4) is 0 Å². The third kappa shape index (κ3) is 4.31. The van der Waals surface area contributed by atoms with E-state index in [9.17, 15) is 9.59 Å². The molecule has 0 unspecified atom stereocenters. The van der Waals surface area contributed by atoms with Crippen LogP contribution in [0.2, 0.25) is 0 Å². The molecular formula is C21H22N4O2S. The molecule has 144 valence electrons. The minimum absolute atomic E-state index is 0.128. The Hall–Kier alpha value is -2.93. The molecule has 2 N–H and O–H groups in total. The van der Waals surface area contributed by atoms with E-state index in [2.05, 4.69) is 15.5 Å². The Morgan fingerprint density at radius 1 is 1.07 bits per heavy atom. The number of hydrogen-bond acceptors (Lipinski definition) is 5. The minimum atomic E-state index is -0.172. The number of aromatic nitrogens is 1. The van der Waals surface area contributed by atoms with Gasteiger partial charge in [-0.15, -0.1) is 0 Å². The molecular weight excluding hydrogens is 372 g/mol. The number of amides is 2. The van der Waals surface area contributed by atoms with Gasteiger partial charge in [-0.25, -0.2) is 4.98 Å². The maximum absolute atomic E-state index is 12.2. The monoisotopic (exact) mass is 394 g/mol. The fraction of sp³-hybridized carbons (Fsp3) is 0.286. The number of carbonyl (C=O) groups is 2. The van der Waals surface area contributed by atoms with Crippen molar-refractivity contribution in [2.24, 2.45) is 0 Å². The molecule has 2 amide bonds. The smallest absolute Gasteiger partial charge is 0.251 e. The van der Waals surface area contributed by atoms with Crippen LogP contribution in [-0.2, 0) is 4.79 Å². The van der Waals surface area contributed by atoms with E-state index in [1.165, 1.54) is 12.8 Å². The first kappa shape index (κ1) is 18.4. The number of benzene rings is 2. The summed E-state index contributed by atoms with van der Waals surface area (Å²) in [6.45, 7) is 2.43. The van der Waals surface area contributed by atoms with Crippen molar-refractivity contribution in [1.82, 2.24) is 10.3 Å². The number of carbonyl (C=O) groups excluding carboxylic acids is 2. The standard InChI is InChI=1S/C21H22N4O2S/c26-19(10-11-22-20(27)15-6-2-1-3-7-15)23-16-8-9-17-18(14-16)28-21(24-17)25-12-4-5-13-25/h1-3,6-9,14H,4-5,10-13H2,(H,22,27)(H,23,26). The lowest BCUT2D eigenvalue weighted by Crippen LogP contribution is -2.27. The first-order valence-corrected chi connectivity index (χ1v) is 10.3. The Morgan fingerprint density at radius 2 is 1.86 bits per heavy atom. The van der Waals surface area contributed by atoms with E-state index in [0.29, 0.717) is 12.1 Å². The molecule has 4 rings (SSSR count). The van der Waals surface area contributed by atoms with Gasteiger partial charge in [0.1, 0.15) is 0 Å². The van der Waals surface area contributed by atoms with E-state index in [1.807, 2.05) is 36.4 Å². The van der Waals surface area contributed by atoms with Crippen LogP contribution < -0.4 is 15.5 Å². The summed E-state index contributed by atoms with van der Waals surface area (Å²) in [6, 6.07) is 14.8. The molecule has 0 aliphatic carbocycles. The molecule has 0 radical (unpaired) electrons. The van der Waals surface area contributed by atoms with Crippen LogP contribution in [0.1, 0.15) is 29.6 Å². The number of rotatable bonds is 6. The fourth-order valence-electron chi connectivity index (χ4n) is 3.24. The van der Waals surface area contributed by atoms with E-state index in [4.69, 9.17) is 4.98 Å². The first-order valence-electron chi connectivity index (χ1n) is 9.48. The van der Waals surface area contributed by atoms with E-state index >= 15 is 0 Å². The molecule has 1 aliphatic heterocycles. The van der Waals surface area contributed by atoms with Crippen molar-refractivity contribution < 1.29 is 9.59 Å². The number of nitrogens with zero attached hydrogens (tertiary/aromatic N) is 2. The lowest BCUT2D eigenvalue weighted by Gasteiger charge is -2.11. The molecule has 2 aromatic carbocycles. The predicted octanol–water partition coefficient (Wildman–Crippen LogP) is 3.66. The highest BCUT2D eigenvalue weighted by Crippen LogP contribution is 2.32. The molecule has 1 aliphatic rings. The molecule has 3 aromatic rings. The lowest BCUT2D eigenvalue weighted by atomic mass is 10.2. The van der Waals surface area contributed by atoms with E-state index < -0.39 is 0 Å². The maximum Gasteiger partial charge on any atom is 0.251 e. The van der Waals surface area contributed by atoms with Gasteiger partial charge in [-0.3, -0.25) is 9.59 Å². The van der Waals surface area contributed by atoms with Crippen molar-refractivity contribution >= 4 is 44.2 Å². The van der Waals surface area contributed by atoms with E-state index in [-0.39, 0.29) is 18.2 Å². The van der Waals surface area contributed by atoms with Crippen LogP contribution in [0, 0.1) is 0 Å². The van der Waals surface area contributed by atoms with Crippen LogP contribution in [0.15, 0.2) is 48.5 Å². The van der Waals surface area contributed by atoms with Crippen LogP contribution in [0.5, 0.6) is 0 Å². The Bertz CT molecular complexity index is 980. The van der Waals surface area contributed by atoms with Gasteiger partial charge in [0.25, 0.3) is 5.91 Å². The third-order valence-electron chi connectivity index (χ3n) is 4.71. The van der Waals surface area contributed by atoms with Gasteiger partial charge >= 0.3 is 0 Å². The summed E-state index contributed by atoms with van der Waals surface area (Å²) in [6.07, 6.45) is 2.66. The summed E-state index contributed by atoms with van der Waals surface area (Å²) in [4.78, 5) is 31.2. The highest BCUT2D eigenvalue weighted by atomic mass is 32.1. The van der Waals surface area contributed by atoms with Gasteiger partial charge in [0, 0.05) is 37.3 Å². The number of fused-ring (bicyclic) bond motifs is 1. The largest absolute Gasteiger partial charge is 0.352 e. The summed E-state index contributed by atoms with van der Waals surface area (Å²) < 4.78 is 1.07. The second-order valence-electron chi connectivity index (χ2n) is 6.79. The number of hydrogen-bond donors (Lipinski definition) is 2. The molecule has 1 fully saturated rings. The second kappa shape index (κ2) is 8.39. The van der Waals surface area contributed by atoms with Crippen molar-refractivity contribution in [3.05, 3.63) is 54.1 Å². The summed E-state index contributed by atoms with van der Waals surface area (Å²) in [5, 5.41) is 6.72. The Morgan fingerprint density at radius 3 is 2.64 bits per heavy atom. The third-order valence-corrected chi connectivity index (χ3v) is 5.79. The maximum atomic E-state index is 12.2. The van der Waals surface area contributed by atoms with Crippen LogP contribution in [-0.4, -0.2) is 36.4 Å². The summed E-state index contributed by atoms with van der Waals surface area (Å²) in [7, 11) is 0. The van der Waals surface area contributed by atoms with Gasteiger partial charge in [-0.1, -0.05) is 29.5 Å². The van der Waals surface area contributed by atoms with Crippen LogP contribution >= 0.6 is 11.3 Å². The van der Waals surface area contributed by atoms with Crippen LogP contribution in [0.25, 0.3) is 10.2 Å². The number of thiazole rings is 1. The topological polar surface area (TPSA) is 74.3 Å². The van der Waals surface area contributed by atoms with Gasteiger partial charge < -0.3 is 15.5 Å². The number of anilines is 2. The molecule has 7 heteroatoms. The normalized spacial score (nSPS) is 13.6. The van der Waals surface area contributed by atoms with Crippen LogP contribution in [0.4, 0.5) is 10.8 Å². The molecule has 1 aromatic heterocycles. The molecule has 0 saturated carbocycles. The zero-order valence-corrected chi connectivity index (χ0v) is 16.3. The summed E-state index contributed by atoms with van der Waals surface area (Å²) >= 11 is 1.66. The summed E-state index contributed by atoms with van der Waals surface area (Å²) in [5.74, 6) is -0.300. The quantitative estimate of drug-likeness (QED) is 0.669. The van der Waals surface area contributed by atoms with Gasteiger partial charge in [0.2, 0.25) is 5.91 Å². The van der Waals surface area contributed by atoms with Crippen molar-refractivity contribution in [1.29, 1.82) is 0 Å². The SMILES string of the molecule is O=C(CCNC(=O)c1ccccc1)Nc1ccc2nc(N3CCCC3)sc2c1. The second-order valence-corrected chi connectivity index (χ2v) is 7.80. The Kier molecular flexibility index (Phi) is 5.53. The highest BCUT2D eigenvalue weighted by Gasteiger charge is 2.16. The summed E-state index contributed by atoms with van der Waals surface area (Å²) in [5.41, 5.74) is 2.30. The zero-order valence-electron chi connectivity index (χ0n) is 15.5. The van der Waals surface area contributed by atoms with Gasteiger partial charge in [-0.2, -0.15) is 0 Å².